The maximum Gasteiger partial charge on any atom is 0.270 e. The van der Waals surface area contributed by atoms with E-state index in [9.17, 15) is 14.3 Å². The first-order chi connectivity index (χ1) is 14.5. The van der Waals surface area contributed by atoms with Crippen LogP contribution < -0.4 is 19.5 Å². The lowest BCUT2D eigenvalue weighted by Crippen LogP contribution is -2.36. The van der Waals surface area contributed by atoms with Gasteiger partial charge in [0.15, 0.2) is 11.5 Å². The lowest BCUT2D eigenvalue weighted by molar-refractivity contribution is 0.0828. The first-order valence-electron chi connectivity index (χ1n) is 9.11. The lowest BCUT2D eigenvalue weighted by atomic mass is 10.3. The van der Waals surface area contributed by atoms with E-state index in [4.69, 9.17) is 14.2 Å². The van der Waals surface area contributed by atoms with E-state index in [0.29, 0.717) is 22.9 Å². The summed E-state index contributed by atoms with van der Waals surface area (Å²) in [5.41, 5.74) is 0.840. The Morgan fingerprint density at radius 1 is 1.17 bits per heavy atom. The van der Waals surface area contributed by atoms with Crippen LogP contribution in [0.25, 0.3) is 5.69 Å². The molecule has 158 valence electrons. The molecule has 1 heterocycles. The molecule has 0 radical (unpaired) electrons. The van der Waals surface area contributed by atoms with Crippen LogP contribution in [0.2, 0.25) is 0 Å². The number of hydrogen-bond donors (Lipinski definition) is 2. The molecule has 0 aliphatic rings. The zero-order valence-corrected chi connectivity index (χ0v) is 16.5. The van der Waals surface area contributed by atoms with Gasteiger partial charge < -0.3 is 24.6 Å². The van der Waals surface area contributed by atoms with Crippen molar-refractivity contribution in [2.24, 2.45) is 0 Å². The monoisotopic (exact) mass is 415 g/mol. The molecule has 1 unspecified atom stereocenters. The van der Waals surface area contributed by atoms with Crippen LogP contribution in [-0.4, -0.2) is 54.0 Å². The van der Waals surface area contributed by atoms with Crippen molar-refractivity contribution in [1.82, 2.24) is 14.9 Å². The van der Waals surface area contributed by atoms with Crippen LogP contribution in [0.4, 0.5) is 4.39 Å². The van der Waals surface area contributed by atoms with E-state index in [-0.39, 0.29) is 24.7 Å². The standard InChI is InChI=1S/C21H22FN3O5/c1-28-18-4-3-5-19(29-2)20(18)30-12-16(26)10-24-21(27)17-11-23-13-25(17)15-8-6-14(22)7-9-15/h3-9,11,13,16,26H,10,12H2,1-2H3,(H,24,27). The molecule has 2 aromatic carbocycles. The minimum Gasteiger partial charge on any atom is -0.493 e. The van der Waals surface area contributed by atoms with Gasteiger partial charge in [0.1, 0.15) is 24.2 Å². The second kappa shape index (κ2) is 9.75. The topological polar surface area (TPSA) is 94.8 Å². The number of methoxy groups -OCH3 is 2. The largest absolute Gasteiger partial charge is 0.493 e. The maximum absolute atomic E-state index is 13.1. The zero-order valence-electron chi connectivity index (χ0n) is 16.5. The second-order valence-corrected chi connectivity index (χ2v) is 6.29. The highest BCUT2D eigenvalue weighted by Crippen LogP contribution is 2.36. The number of benzene rings is 2. The van der Waals surface area contributed by atoms with E-state index < -0.39 is 12.0 Å². The first kappa shape index (κ1) is 21.1. The summed E-state index contributed by atoms with van der Waals surface area (Å²) >= 11 is 0. The number of aromatic nitrogens is 2. The fourth-order valence-corrected chi connectivity index (χ4v) is 2.77. The van der Waals surface area contributed by atoms with Crippen molar-refractivity contribution in [3.63, 3.8) is 0 Å². The van der Waals surface area contributed by atoms with Crippen molar-refractivity contribution in [2.75, 3.05) is 27.4 Å². The fraction of sp³-hybridized carbons (Fsp3) is 0.238. The highest BCUT2D eigenvalue weighted by Gasteiger charge is 2.17. The van der Waals surface area contributed by atoms with E-state index in [1.165, 1.54) is 55.6 Å². The quantitative estimate of drug-likeness (QED) is 0.556. The molecule has 0 spiro atoms. The number of aliphatic hydroxyl groups excluding tert-OH is 1. The molecular weight excluding hydrogens is 393 g/mol. The molecule has 3 rings (SSSR count). The van der Waals surface area contributed by atoms with Gasteiger partial charge in [-0.15, -0.1) is 0 Å². The molecule has 0 aliphatic carbocycles. The summed E-state index contributed by atoms with van der Waals surface area (Å²) in [6.45, 7) is -0.140. The second-order valence-electron chi connectivity index (χ2n) is 6.29. The Labute approximate surface area is 172 Å². The van der Waals surface area contributed by atoms with Crippen molar-refractivity contribution in [3.05, 3.63) is 66.5 Å². The van der Waals surface area contributed by atoms with Gasteiger partial charge in [0.25, 0.3) is 5.91 Å². The number of para-hydroxylation sites is 1. The Balaban J connectivity index is 1.59. The average molecular weight is 415 g/mol. The van der Waals surface area contributed by atoms with E-state index in [1.54, 1.807) is 18.2 Å². The normalized spacial score (nSPS) is 11.6. The van der Waals surface area contributed by atoms with Crippen LogP contribution >= 0.6 is 0 Å². The number of nitrogens with one attached hydrogen (secondary N) is 1. The van der Waals surface area contributed by atoms with Gasteiger partial charge in [0.2, 0.25) is 5.75 Å². The van der Waals surface area contributed by atoms with Gasteiger partial charge in [0.05, 0.1) is 26.7 Å². The van der Waals surface area contributed by atoms with Crippen molar-refractivity contribution < 1.29 is 28.5 Å². The van der Waals surface area contributed by atoms with Crippen LogP contribution in [-0.2, 0) is 0 Å². The van der Waals surface area contributed by atoms with Crippen LogP contribution in [0.5, 0.6) is 17.2 Å². The summed E-state index contributed by atoms with van der Waals surface area (Å²) in [6.07, 6.45) is 1.86. The SMILES string of the molecule is COc1cccc(OC)c1OCC(O)CNC(=O)c1cncn1-c1ccc(F)cc1. The molecule has 1 amide bonds. The Kier molecular flexibility index (Phi) is 6.87. The smallest absolute Gasteiger partial charge is 0.270 e. The molecule has 3 aromatic rings. The Morgan fingerprint density at radius 2 is 1.83 bits per heavy atom. The summed E-state index contributed by atoms with van der Waals surface area (Å²) in [4.78, 5) is 16.5. The number of nitrogens with zero attached hydrogens (tertiary/aromatic N) is 2. The molecule has 2 N–H and O–H groups in total. The third-order valence-electron chi connectivity index (χ3n) is 4.28. The number of halogens is 1. The molecule has 0 bridgehead atoms. The van der Waals surface area contributed by atoms with Gasteiger partial charge in [-0.25, -0.2) is 9.37 Å². The predicted molar refractivity (Wildman–Crippen MR) is 107 cm³/mol. The molecule has 9 heteroatoms. The van der Waals surface area contributed by atoms with Crippen LogP contribution in [0, 0.1) is 5.82 Å². The molecule has 0 saturated carbocycles. The molecule has 30 heavy (non-hydrogen) atoms. The van der Waals surface area contributed by atoms with Gasteiger partial charge in [-0.3, -0.25) is 9.36 Å². The average Bonchev–Trinajstić information content (AvgIpc) is 3.26. The summed E-state index contributed by atoms with van der Waals surface area (Å²) in [7, 11) is 3.01. The Bertz CT molecular complexity index is 968. The molecule has 1 atom stereocenters. The highest BCUT2D eigenvalue weighted by molar-refractivity contribution is 5.93. The van der Waals surface area contributed by atoms with Crippen molar-refractivity contribution in [1.29, 1.82) is 0 Å². The third kappa shape index (κ3) is 4.87. The summed E-state index contributed by atoms with van der Waals surface area (Å²) in [6, 6.07) is 10.8. The minimum absolute atomic E-state index is 0.0507. The number of carbonyl (C=O) groups excluding carboxylic acids is 1. The summed E-state index contributed by atoms with van der Waals surface area (Å²) in [5.74, 6) is 0.482. The van der Waals surface area contributed by atoms with E-state index in [0.717, 1.165) is 0 Å². The lowest BCUT2D eigenvalue weighted by Gasteiger charge is -2.17. The number of rotatable bonds is 9. The van der Waals surface area contributed by atoms with E-state index >= 15 is 0 Å². The summed E-state index contributed by atoms with van der Waals surface area (Å²) in [5, 5.41) is 12.8. The number of ether oxygens (including phenoxy) is 3. The predicted octanol–water partition coefficient (Wildman–Crippen LogP) is 2.20. The number of amides is 1. The van der Waals surface area contributed by atoms with Gasteiger partial charge >= 0.3 is 0 Å². The number of imidazole rings is 1. The van der Waals surface area contributed by atoms with Crippen molar-refractivity contribution in [3.8, 4) is 22.9 Å². The number of hydrogen-bond acceptors (Lipinski definition) is 6. The van der Waals surface area contributed by atoms with Crippen molar-refractivity contribution >= 4 is 5.91 Å². The third-order valence-corrected chi connectivity index (χ3v) is 4.28. The molecule has 0 aliphatic heterocycles. The van der Waals surface area contributed by atoms with Gasteiger partial charge in [0, 0.05) is 12.2 Å². The van der Waals surface area contributed by atoms with E-state index in [1.807, 2.05) is 0 Å². The molecule has 0 fully saturated rings. The van der Waals surface area contributed by atoms with E-state index in [2.05, 4.69) is 10.3 Å². The van der Waals surface area contributed by atoms with Crippen molar-refractivity contribution in [2.45, 2.75) is 6.10 Å². The van der Waals surface area contributed by atoms with Crippen LogP contribution in [0.3, 0.4) is 0 Å². The zero-order chi connectivity index (χ0) is 21.5. The van der Waals surface area contributed by atoms with Crippen LogP contribution in [0.1, 0.15) is 10.5 Å². The minimum atomic E-state index is -0.981. The first-order valence-corrected chi connectivity index (χ1v) is 9.11. The van der Waals surface area contributed by atoms with Gasteiger partial charge in [-0.05, 0) is 36.4 Å². The number of aliphatic hydroxyl groups is 1. The van der Waals surface area contributed by atoms with Gasteiger partial charge in [-0.1, -0.05) is 6.07 Å². The Morgan fingerprint density at radius 3 is 2.47 bits per heavy atom. The highest BCUT2D eigenvalue weighted by atomic mass is 19.1. The van der Waals surface area contributed by atoms with Gasteiger partial charge in [-0.2, -0.15) is 0 Å². The number of carbonyl (C=O) groups is 1. The molecule has 1 aromatic heterocycles. The summed E-state index contributed by atoms with van der Waals surface area (Å²) < 4.78 is 30.8. The molecule has 0 saturated heterocycles. The molecule has 8 nitrogen and oxygen atoms in total. The molecular formula is C21H22FN3O5. The Hall–Kier alpha value is -3.59. The fourth-order valence-electron chi connectivity index (χ4n) is 2.77. The maximum atomic E-state index is 13.1. The van der Waals surface area contributed by atoms with Crippen LogP contribution in [0.15, 0.2) is 55.0 Å².